The Labute approximate surface area is 120 Å². The maximum absolute atomic E-state index is 11.6. The van der Waals surface area contributed by atoms with Crippen LogP contribution in [0, 0.1) is 0 Å². The number of thioether (sulfide) groups is 1. The van der Waals surface area contributed by atoms with Gasteiger partial charge in [-0.3, -0.25) is 4.79 Å². The van der Waals surface area contributed by atoms with Crippen LogP contribution in [0.15, 0.2) is 29.0 Å². The first kappa shape index (κ1) is 14.1. The number of aryl methyl sites for hydroxylation is 2. The molecule has 1 amide bonds. The Hall–Kier alpha value is -1.34. The van der Waals surface area contributed by atoms with E-state index in [1.54, 1.807) is 29.4 Å². The van der Waals surface area contributed by atoms with Gasteiger partial charge in [0.15, 0.2) is 5.16 Å². The van der Waals surface area contributed by atoms with E-state index >= 15 is 0 Å². The number of aromatic nitrogens is 3. The van der Waals surface area contributed by atoms with Crippen molar-refractivity contribution in [2.24, 2.45) is 7.05 Å². The molecule has 19 heavy (non-hydrogen) atoms. The van der Waals surface area contributed by atoms with Gasteiger partial charge in [-0.05, 0) is 17.9 Å². The highest BCUT2D eigenvalue weighted by molar-refractivity contribution is 7.99. The predicted molar refractivity (Wildman–Crippen MR) is 77.4 cm³/mol. The molecule has 0 fully saturated rings. The molecule has 2 rings (SSSR count). The van der Waals surface area contributed by atoms with Crippen LogP contribution in [0.5, 0.6) is 0 Å². The summed E-state index contributed by atoms with van der Waals surface area (Å²) in [5, 5.41) is 13.6. The number of thiophene rings is 1. The number of amides is 1. The SMILES string of the molecule is Cn1cnnc1SCCNC(=O)CCc1cccs1. The van der Waals surface area contributed by atoms with E-state index in [9.17, 15) is 4.79 Å². The van der Waals surface area contributed by atoms with Crippen LogP contribution in [0.25, 0.3) is 0 Å². The van der Waals surface area contributed by atoms with E-state index in [1.165, 1.54) is 4.88 Å². The molecule has 0 atom stereocenters. The van der Waals surface area contributed by atoms with E-state index in [4.69, 9.17) is 0 Å². The van der Waals surface area contributed by atoms with Gasteiger partial charge in [0.25, 0.3) is 0 Å². The van der Waals surface area contributed by atoms with Crippen molar-refractivity contribution in [1.29, 1.82) is 0 Å². The number of nitrogens with one attached hydrogen (secondary N) is 1. The Bertz CT molecular complexity index is 510. The molecule has 1 N–H and O–H groups in total. The lowest BCUT2D eigenvalue weighted by atomic mass is 10.2. The summed E-state index contributed by atoms with van der Waals surface area (Å²) in [7, 11) is 1.90. The average Bonchev–Trinajstić information content (AvgIpc) is 3.04. The van der Waals surface area contributed by atoms with Crippen LogP contribution in [0.4, 0.5) is 0 Å². The van der Waals surface area contributed by atoms with Gasteiger partial charge in [0.05, 0.1) is 0 Å². The lowest BCUT2D eigenvalue weighted by Gasteiger charge is -2.04. The van der Waals surface area contributed by atoms with Crippen molar-refractivity contribution in [3.8, 4) is 0 Å². The maximum Gasteiger partial charge on any atom is 0.220 e. The zero-order valence-corrected chi connectivity index (χ0v) is 12.3. The van der Waals surface area contributed by atoms with Gasteiger partial charge >= 0.3 is 0 Å². The summed E-state index contributed by atoms with van der Waals surface area (Å²) >= 11 is 3.28. The minimum Gasteiger partial charge on any atom is -0.355 e. The van der Waals surface area contributed by atoms with E-state index in [2.05, 4.69) is 21.6 Å². The highest BCUT2D eigenvalue weighted by atomic mass is 32.2. The molecule has 0 bridgehead atoms. The van der Waals surface area contributed by atoms with Crippen molar-refractivity contribution in [3.05, 3.63) is 28.7 Å². The third-order valence-corrected chi connectivity index (χ3v) is 4.48. The molecule has 2 aromatic heterocycles. The van der Waals surface area contributed by atoms with E-state index in [0.717, 1.165) is 17.3 Å². The Morgan fingerprint density at radius 2 is 2.47 bits per heavy atom. The minimum atomic E-state index is 0.104. The quantitative estimate of drug-likeness (QED) is 0.624. The molecule has 7 heteroatoms. The molecule has 0 unspecified atom stereocenters. The Kier molecular flexibility index (Phi) is 5.41. The lowest BCUT2D eigenvalue weighted by molar-refractivity contribution is -0.120. The van der Waals surface area contributed by atoms with Crippen LogP contribution >= 0.6 is 23.1 Å². The van der Waals surface area contributed by atoms with E-state index in [1.807, 2.05) is 23.1 Å². The fraction of sp³-hybridized carbons (Fsp3) is 0.417. The van der Waals surface area contributed by atoms with E-state index < -0.39 is 0 Å². The van der Waals surface area contributed by atoms with Crippen LogP contribution in [-0.4, -0.2) is 33.0 Å². The highest BCUT2D eigenvalue weighted by Gasteiger charge is 2.04. The third-order valence-electron chi connectivity index (χ3n) is 2.50. The van der Waals surface area contributed by atoms with Gasteiger partial charge in [-0.2, -0.15) is 0 Å². The van der Waals surface area contributed by atoms with E-state index in [0.29, 0.717) is 13.0 Å². The molecule has 0 saturated carbocycles. The largest absolute Gasteiger partial charge is 0.355 e. The van der Waals surface area contributed by atoms with E-state index in [-0.39, 0.29) is 5.91 Å². The first-order valence-corrected chi connectivity index (χ1v) is 7.88. The molecule has 0 spiro atoms. The van der Waals surface area contributed by atoms with Gasteiger partial charge in [-0.25, -0.2) is 0 Å². The molecule has 0 aliphatic rings. The van der Waals surface area contributed by atoms with Crippen LogP contribution in [0.3, 0.4) is 0 Å². The summed E-state index contributed by atoms with van der Waals surface area (Å²) in [6.07, 6.45) is 3.04. The standard InChI is InChI=1S/C12H16N4OS2/c1-16-9-14-15-12(16)19-8-6-13-11(17)5-4-10-3-2-7-18-10/h2-3,7,9H,4-6,8H2,1H3,(H,13,17). The van der Waals surface area contributed by atoms with Gasteiger partial charge in [-0.15, -0.1) is 21.5 Å². The van der Waals surface area contributed by atoms with Crippen LogP contribution < -0.4 is 5.32 Å². The van der Waals surface area contributed by atoms with Crippen LogP contribution in [0.1, 0.15) is 11.3 Å². The molecular weight excluding hydrogens is 280 g/mol. The van der Waals surface area contributed by atoms with Crippen molar-refractivity contribution < 1.29 is 4.79 Å². The summed E-state index contributed by atoms with van der Waals surface area (Å²) in [4.78, 5) is 12.9. The molecule has 0 aromatic carbocycles. The van der Waals surface area contributed by atoms with Crippen molar-refractivity contribution >= 4 is 29.0 Å². The van der Waals surface area contributed by atoms with Crippen molar-refractivity contribution in [1.82, 2.24) is 20.1 Å². The fourth-order valence-corrected chi connectivity index (χ4v) is 2.97. The van der Waals surface area contributed by atoms with Crippen molar-refractivity contribution in [2.45, 2.75) is 18.0 Å². The summed E-state index contributed by atoms with van der Waals surface area (Å²) in [5.74, 6) is 0.907. The normalized spacial score (nSPS) is 10.6. The van der Waals surface area contributed by atoms with Crippen LogP contribution in [-0.2, 0) is 18.3 Å². The molecule has 2 aromatic rings. The number of hydrogen-bond donors (Lipinski definition) is 1. The molecule has 0 saturated heterocycles. The predicted octanol–water partition coefficient (Wildman–Crippen LogP) is 1.72. The molecule has 0 radical (unpaired) electrons. The first-order chi connectivity index (χ1) is 9.25. The second kappa shape index (κ2) is 7.30. The second-order valence-corrected chi connectivity index (χ2v) is 6.10. The Morgan fingerprint density at radius 1 is 1.58 bits per heavy atom. The zero-order chi connectivity index (χ0) is 13.5. The topological polar surface area (TPSA) is 59.8 Å². The van der Waals surface area contributed by atoms with Gasteiger partial charge < -0.3 is 9.88 Å². The molecular formula is C12H16N4OS2. The monoisotopic (exact) mass is 296 g/mol. The second-order valence-electron chi connectivity index (χ2n) is 4.00. The maximum atomic E-state index is 11.6. The fourth-order valence-electron chi connectivity index (χ4n) is 1.52. The average molecular weight is 296 g/mol. The number of carbonyl (C=O) groups excluding carboxylic acids is 1. The van der Waals surface area contributed by atoms with Gasteiger partial charge in [-0.1, -0.05) is 17.8 Å². The summed E-state index contributed by atoms with van der Waals surface area (Å²) in [5.41, 5.74) is 0. The molecule has 102 valence electrons. The van der Waals surface area contributed by atoms with Crippen LogP contribution in [0.2, 0.25) is 0 Å². The molecule has 2 heterocycles. The Morgan fingerprint density at radius 3 is 3.16 bits per heavy atom. The number of hydrogen-bond acceptors (Lipinski definition) is 5. The lowest BCUT2D eigenvalue weighted by Crippen LogP contribution is -2.25. The molecule has 0 aliphatic heterocycles. The summed E-state index contributed by atoms with van der Waals surface area (Å²) in [6, 6.07) is 4.07. The highest BCUT2D eigenvalue weighted by Crippen LogP contribution is 2.12. The summed E-state index contributed by atoms with van der Waals surface area (Å²) in [6.45, 7) is 0.654. The van der Waals surface area contributed by atoms with Crippen molar-refractivity contribution in [3.63, 3.8) is 0 Å². The smallest absolute Gasteiger partial charge is 0.220 e. The molecule has 0 aliphatic carbocycles. The van der Waals surface area contributed by atoms with Crippen molar-refractivity contribution in [2.75, 3.05) is 12.3 Å². The summed E-state index contributed by atoms with van der Waals surface area (Å²) < 4.78 is 1.86. The first-order valence-electron chi connectivity index (χ1n) is 6.01. The third kappa shape index (κ3) is 4.68. The number of rotatable bonds is 7. The van der Waals surface area contributed by atoms with Gasteiger partial charge in [0, 0.05) is 30.6 Å². The number of carbonyl (C=O) groups is 1. The van der Waals surface area contributed by atoms with Gasteiger partial charge in [0.2, 0.25) is 5.91 Å². The minimum absolute atomic E-state index is 0.104. The van der Waals surface area contributed by atoms with Gasteiger partial charge in [0.1, 0.15) is 6.33 Å². The number of nitrogens with zero attached hydrogens (tertiary/aromatic N) is 3. The zero-order valence-electron chi connectivity index (χ0n) is 10.7. The molecule has 5 nitrogen and oxygen atoms in total. The Balaban J connectivity index is 1.58.